The molecule has 0 saturated heterocycles. The van der Waals surface area contributed by atoms with Crippen LogP contribution in [0.2, 0.25) is 0 Å². The molecule has 0 unspecified atom stereocenters. The second kappa shape index (κ2) is 5.76. The first-order valence-electron chi connectivity index (χ1n) is 6.40. The predicted molar refractivity (Wildman–Crippen MR) is 75.2 cm³/mol. The van der Waals surface area contributed by atoms with Crippen molar-refractivity contribution >= 4 is 21.4 Å². The quantitative estimate of drug-likeness (QED) is 0.615. The molecule has 1 aromatic rings. The highest BCUT2D eigenvalue weighted by Crippen LogP contribution is 2.30. The van der Waals surface area contributed by atoms with Crippen LogP contribution in [-0.4, -0.2) is 26.9 Å². The zero-order valence-corrected chi connectivity index (χ0v) is 11.9. The smallest absolute Gasteiger partial charge is 0.293 e. The number of sulfonamides is 1. The van der Waals surface area contributed by atoms with Crippen LogP contribution in [0.25, 0.3) is 0 Å². The summed E-state index contributed by atoms with van der Waals surface area (Å²) < 4.78 is 25.4. The highest BCUT2D eigenvalue weighted by Gasteiger charge is 2.22. The van der Waals surface area contributed by atoms with Crippen molar-refractivity contribution in [3.63, 3.8) is 0 Å². The van der Waals surface area contributed by atoms with Gasteiger partial charge in [-0.15, -0.1) is 0 Å². The Bertz CT molecular complexity index is 611. The number of rotatable bonds is 6. The number of hydrogen-bond donors (Lipinski definition) is 2. The van der Waals surface area contributed by atoms with E-state index in [0.717, 1.165) is 18.9 Å². The third kappa shape index (κ3) is 3.07. The summed E-state index contributed by atoms with van der Waals surface area (Å²) in [6, 6.07) is 3.89. The summed E-state index contributed by atoms with van der Waals surface area (Å²) in [5, 5.41) is 14.1. The average Bonchev–Trinajstić information content (AvgIpc) is 2.36. The monoisotopic (exact) mass is 299 g/mol. The molecule has 0 aliphatic heterocycles. The predicted octanol–water partition coefficient (Wildman–Crippen LogP) is 1.71. The van der Waals surface area contributed by atoms with Gasteiger partial charge in [0.1, 0.15) is 5.69 Å². The van der Waals surface area contributed by atoms with Crippen molar-refractivity contribution in [1.29, 1.82) is 0 Å². The van der Waals surface area contributed by atoms with Gasteiger partial charge in [-0.3, -0.25) is 10.1 Å². The molecule has 2 N–H and O–H groups in total. The molecule has 0 spiro atoms. The van der Waals surface area contributed by atoms with E-state index in [1.807, 2.05) is 0 Å². The Kier molecular flexibility index (Phi) is 4.24. The Morgan fingerprint density at radius 3 is 2.60 bits per heavy atom. The van der Waals surface area contributed by atoms with Crippen molar-refractivity contribution in [2.24, 2.45) is 5.92 Å². The Hall–Kier alpha value is -1.67. The lowest BCUT2D eigenvalue weighted by Gasteiger charge is -2.25. The van der Waals surface area contributed by atoms with Gasteiger partial charge in [0.2, 0.25) is 10.0 Å². The summed E-state index contributed by atoms with van der Waals surface area (Å²) in [7, 11) is -2.41. The molecule has 0 bridgehead atoms. The van der Waals surface area contributed by atoms with Gasteiger partial charge in [0.05, 0.1) is 9.82 Å². The number of nitro groups is 1. The van der Waals surface area contributed by atoms with Crippen LogP contribution in [0.1, 0.15) is 19.3 Å². The van der Waals surface area contributed by atoms with E-state index >= 15 is 0 Å². The van der Waals surface area contributed by atoms with Crippen LogP contribution < -0.4 is 10.0 Å². The van der Waals surface area contributed by atoms with Gasteiger partial charge >= 0.3 is 0 Å². The van der Waals surface area contributed by atoms with E-state index in [2.05, 4.69) is 10.0 Å². The van der Waals surface area contributed by atoms with Crippen molar-refractivity contribution in [2.75, 3.05) is 18.9 Å². The SMILES string of the molecule is CNS(=O)(=O)c1ccc(NCC2CCC2)c([N+](=O)[O-])c1. The fourth-order valence-corrected chi connectivity index (χ4v) is 2.80. The zero-order valence-electron chi connectivity index (χ0n) is 11.1. The molecule has 0 amide bonds. The molecule has 0 atom stereocenters. The largest absolute Gasteiger partial charge is 0.379 e. The Labute approximate surface area is 117 Å². The maximum Gasteiger partial charge on any atom is 0.293 e. The van der Waals surface area contributed by atoms with Gasteiger partial charge in [-0.25, -0.2) is 13.1 Å². The van der Waals surface area contributed by atoms with Crippen LogP contribution >= 0.6 is 0 Å². The van der Waals surface area contributed by atoms with E-state index in [1.165, 1.54) is 25.6 Å². The van der Waals surface area contributed by atoms with Crippen molar-refractivity contribution in [3.8, 4) is 0 Å². The van der Waals surface area contributed by atoms with Gasteiger partial charge in [0.25, 0.3) is 5.69 Å². The lowest BCUT2D eigenvalue weighted by molar-refractivity contribution is -0.384. The second-order valence-corrected chi connectivity index (χ2v) is 6.71. The van der Waals surface area contributed by atoms with Crippen molar-refractivity contribution < 1.29 is 13.3 Å². The molecule has 2 rings (SSSR count). The summed E-state index contributed by atoms with van der Waals surface area (Å²) in [4.78, 5) is 10.4. The van der Waals surface area contributed by atoms with E-state index in [9.17, 15) is 18.5 Å². The van der Waals surface area contributed by atoms with E-state index in [0.29, 0.717) is 18.2 Å². The number of nitro benzene ring substituents is 1. The van der Waals surface area contributed by atoms with Gasteiger partial charge in [0.15, 0.2) is 0 Å². The Morgan fingerprint density at radius 1 is 1.40 bits per heavy atom. The lowest BCUT2D eigenvalue weighted by atomic mass is 9.85. The molecule has 8 heteroatoms. The van der Waals surface area contributed by atoms with Gasteiger partial charge in [-0.1, -0.05) is 6.42 Å². The second-order valence-electron chi connectivity index (χ2n) is 4.82. The van der Waals surface area contributed by atoms with E-state index in [-0.39, 0.29) is 10.6 Å². The topological polar surface area (TPSA) is 101 Å². The highest BCUT2D eigenvalue weighted by molar-refractivity contribution is 7.89. The first kappa shape index (κ1) is 14.7. The third-order valence-corrected chi connectivity index (χ3v) is 4.96. The molecule has 0 aromatic heterocycles. The molecule has 1 fully saturated rings. The van der Waals surface area contributed by atoms with Crippen LogP contribution in [0.3, 0.4) is 0 Å². The van der Waals surface area contributed by atoms with Gasteiger partial charge in [-0.2, -0.15) is 0 Å². The maximum absolute atomic E-state index is 11.7. The minimum Gasteiger partial charge on any atom is -0.379 e. The van der Waals surface area contributed by atoms with E-state index < -0.39 is 14.9 Å². The average molecular weight is 299 g/mol. The molecule has 1 saturated carbocycles. The minimum atomic E-state index is -3.68. The summed E-state index contributed by atoms with van der Waals surface area (Å²) in [5.41, 5.74) is 0.137. The van der Waals surface area contributed by atoms with E-state index in [4.69, 9.17) is 0 Å². The molecule has 0 radical (unpaired) electrons. The van der Waals surface area contributed by atoms with Crippen molar-refractivity contribution in [2.45, 2.75) is 24.2 Å². The Balaban J connectivity index is 2.25. The maximum atomic E-state index is 11.7. The summed E-state index contributed by atoms with van der Waals surface area (Å²) >= 11 is 0. The number of anilines is 1. The molecular formula is C12H17N3O4S. The molecule has 0 heterocycles. The van der Waals surface area contributed by atoms with Gasteiger partial charge in [0, 0.05) is 12.6 Å². The van der Waals surface area contributed by atoms with Crippen LogP contribution in [0.5, 0.6) is 0 Å². The number of nitrogens with one attached hydrogen (secondary N) is 2. The fourth-order valence-electron chi connectivity index (χ4n) is 2.05. The molecule has 1 aromatic carbocycles. The van der Waals surface area contributed by atoms with Crippen LogP contribution in [0, 0.1) is 16.0 Å². The minimum absolute atomic E-state index is 0.110. The normalized spacial score (nSPS) is 15.7. The van der Waals surface area contributed by atoms with Gasteiger partial charge < -0.3 is 5.32 Å². The van der Waals surface area contributed by atoms with Crippen LogP contribution in [-0.2, 0) is 10.0 Å². The number of benzene rings is 1. The van der Waals surface area contributed by atoms with Crippen molar-refractivity contribution in [3.05, 3.63) is 28.3 Å². The van der Waals surface area contributed by atoms with Gasteiger partial charge in [-0.05, 0) is 37.9 Å². The molecule has 7 nitrogen and oxygen atoms in total. The molecule has 20 heavy (non-hydrogen) atoms. The standard InChI is InChI=1S/C12H17N3O4S/c1-13-20(18,19)10-5-6-11(12(7-10)15(16)17)14-8-9-3-2-4-9/h5-7,9,13-14H,2-4,8H2,1H3. The van der Waals surface area contributed by atoms with Crippen molar-refractivity contribution in [1.82, 2.24) is 4.72 Å². The zero-order chi connectivity index (χ0) is 14.8. The molecule has 1 aliphatic carbocycles. The first-order valence-corrected chi connectivity index (χ1v) is 7.88. The summed E-state index contributed by atoms with van der Waals surface area (Å²) in [5.74, 6) is 0.551. The molecular weight excluding hydrogens is 282 g/mol. The highest BCUT2D eigenvalue weighted by atomic mass is 32.2. The summed E-state index contributed by atoms with van der Waals surface area (Å²) in [6.45, 7) is 0.680. The number of hydrogen-bond acceptors (Lipinski definition) is 5. The molecule has 1 aliphatic rings. The first-order chi connectivity index (χ1) is 9.44. The summed E-state index contributed by atoms with van der Waals surface area (Å²) in [6.07, 6.45) is 3.47. The third-order valence-electron chi connectivity index (χ3n) is 3.55. The lowest BCUT2D eigenvalue weighted by Crippen LogP contribution is -2.21. The fraction of sp³-hybridized carbons (Fsp3) is 0.500. The Morgan fingerprint density at radius 2 is 2.10 bits per heavy atom. The van der Waals surface area contributed by atoms with Crippen LogP contribution in [0.15, 0.2) is 23.1 Å². The molecule has 110 valence electrons. The van der Waals surface area contributed by atoms with Crippen LogP contribution in [0.4, 0.5) is 11.4 Å². The van der Waals surface area contributed by atoms with E-state index in [1.54, 1.807) is 0 Å². The number of nitrogens with zero attached hydrogens (tertiary/aromatic N) is 1.